The van der Waals surface area contributed by atoms with Crippen LogP contribution in [-0.2, 0) is 26.5 Å². The molecule has 0 saturated carbocycles. The molecule has 0 aliphatic carbocycles. The van der Waals surface area contributed by atoms with Gasteiger partial charge < -0.3 is 19.5 Å². The van der Waals surface area contributed by atoms with Gasteiger partial charge >= 0.3 is 0 Å². The largest absolute Gasteiger partial charge is 0.514 e. The van der Waals surface area contributed by atoms with Crippen LogP contribution in [0.5, 0.6) is 11.5 Å². The first-order valence-electron chi connectivity index (χ1n) is 14.3. The third-order valence-corrected chi connectivity index (χ3v) is 6.84. The monoisotopic (exact) mass is 705 g/mol. The fourth-order valence-corrected chi connectivity index (χ4v) is 4.91. The van der Waals surface area contributed by atoms with E-state index < -0.39 is 5.41 Å². The summed E-state index contributed by atoms with van der Waals surface area (Å²) < 4.78 is 34.2. The number of hydrogen-bond donors (Lipinski definition) is 1. The molecular weight excluding hydrogens is 675 g/mol. The molecule has 3 heterocycles. The van der Waals surface area contributed by atoms with Gasteiger partial charge in [0.1, 0.15) is 5.82 Å². The van der Waals surface area contributed by atoms with Crippen LogP contribution in [0.15, 0.2) is 97.1 Å². The van der Waals surface area contributed by atoms with Gasteiger partial charge in [-0.2, -0.15) is 18.8 Å². The van der Waals surface area contributed by atoms with E-state index in [2.05, 4.69) is 22.4 Å². The van der Waals surface area contributed by atoms with Crippen LogP contribution in [0.25, 0.3) is 27.6 Å². The number of nitrogens with one attached hydrogen (secondary N) is 1. The summed E-state index contributed by atoms with van der Waals surface area (Å²) in [6.07, 6.45) is -0.162. The Labute approximate surface area is 252 Å². The molecule has 0 saturated heterocycles. The van der Waals surface area contributed by atoms with Gasteiger partial charge in [-0.3, -0.25) is 0 Å². The number of pyridine rings is 1. The first kappa shape index (κ1) is 22.7. The smallest absolute Gasteiger partial charge is 0.135 e. The van der Waals surface area contributed by atoms with Crippen molar-refractivity contribution >= 4 is 38.9 Å². The third kappa shape index (κ3) is 4.55. The minimum absolute atomic E-state index is 0. The van der Waals surface area contributed by atoms with Gasteiger partial charge in [0.15, 0.2) is 0 Å². The molecule has 202 valence electrons. The number of hydrogen-bond acceptors (Lipinski definition) is 4. The van der Waals surface area contributed by atoms with E-state index in [4.69, 9.17) is 8.85 Å². The normalized spacial score (nSPS) is 13.8. The van der Waals surface area contributed by atoms with Crippen LogP contribution in [0, 0.1) is 18.8 Å². The van der Waals surface area contributed by atoms with E-state index in [1.165, 1.54) is 0 Å². The zero-order valence-electron chi connectivity index (χ0n) is 25.1. The maximum absolute atomic E-state index is 9.11. The van der Waals surface area contributed by atoms with Crippen LogP contribution in [-0.4, -0.2) is 9.55 Å². The second-order valence-corrected chi connectivity index (χ2v) is 10.5. The quantitative estimate of drug-likeness (QED) is 0.187. The van der Waals surface area contributed by atoms with Crippen molar-refractivity contribution in [2.45, 2.75) is 26.2 Å². The van der Waals surface area contributed by atoms with E-state index in [0.717, 1.165) is 33.4 Å². The second kappa shape index (κ2) is 10.1. The van der Waals surface area contributed by atoms with Gasteiger partial charge in [-0.15, -0.1) is 41.4 Å². The molecular formula is C34H27N4OPt-3. The Balaban J connectivity index is 0.00000329. The van der Waals surface area contributed by atoms with Crippen molar-refractivity contribution in [2.24, 2.45) is 0 Å². The van der Waals surface area contributed by atoms with Crippen molar-refractivity contribution < 1.29 is 29.9 Å². The standard InChI is InChI=1S/C34H27N4O.Pt/c1-34(2,3)23-17-18-35-33(19-23)38-30-13-6-4-11-27(30)28-16-15-26(21-32(28)38)39-25-10-8-9-24(20-25)37-22-36-29-12-5-7-14-31(29)37;/h4-19,22,36H,1-3H3;/q-3;/i17D,18D,19D;. The van der Waals surface area contributed by atoms with Gasteiger partial charge in [-0.1, -0.05) is 56.6 Å². The minimum Gasteiger partial charge on any atom is -0.514 e. The second-order valence-electron chi connectivity index (χ2n) is 10.5. The van der Waals surface area contributed by atoms with Crippen LogP contribution in [0.1, 0.15) is 30.4 Å². The minimum atomic E-state index is -0.512. The van der Waals surface area contributed by atoms with E-state index in [0.29, 0.717) is 28.4 Å². The van der Waals surface area contributed by atoms with Gasteiger partial charge in [0.05, 0.1) is 4.11 Å². The van der Waals surface area contributed by atoms with Gasteiger partial charge in [-0.05, 0) is 46.6 Å². The number of rotatable bonds is 4. The molecule has 0 radical (unpaired) electrons. The zero-order chi connectivity index (χ0) is 29.2. The van der Waals surface area contributed by atoms with E-state index in [-0.39, 0.29) is 39.3 Å². The molecule has 40 heavy (non-hydrogen) atoms. The first-order valence-corrected chi connectivity index (χ1v) is 12.8. The van der Waals surface area contributed by atoms with E-state index in [1.807, 2.05) is 116 Å². The number of anilines is 3. The molecule has 0 amide bonds. The maximum atomic E-state index is 9.11. The zero-order valence-corrected chi connectivity index (χ0v) is 24.4. The molecule has 7 rings (SSSR count). The molecule has 5 nitrogen and oxygen atoms in total. The summed E-state index contributed by atoms with van der Waals surface area (Å²) in [6, 6.07) is 32.4. The SMILES string of the molecule is [2H]c1nc(-n2c3[c-]c(Oc4[c-]c(N5[CH-]Nc6ccccc65)ccc4)ccc3c3ccccc32)c([2H])c(C(C)(C)C)c1[2H].[Pt]. The van der Waals surface area contributed by atoms with E-state index in [9.17, 15) is 0 Å². The number of benzene rings is 4. The molecule has 0 atom stereocenters. The maximum Gasteiger partial charge on any atom is 0.135 e. The Morgan fingerprint density at radius 3 is 2.58 bits per heavy atom. The fraction of sp³-hybridized carbons (Fsp3) is 0.118. The topological polar surface area (TPSA) is 42.3 Å². The summed E-state index contributed by atoms with van der Waals surface area (Å²) in [5.41, 5.74) is 4.37. The molecule has 0 unspecified atom stereocenters. The van der Waals surface area contributed by atoms with Gasteiger partial charge in [0.25, 0.3) is 0 Å². The molecule has 6 aromatic rings. The van der Waals surface area contributed by atoms with E-state index >= 15 is 0 Å². The molecule has 6 heteroatoms. The number of ether oxygens (including phenoxy) is 1. The van der Waals surface area contributed by atoms with Gasteiger partial charge in [0.2, 0.25) is 0 Å². The van der Waals surface area contributed by atoms with E-state index in [1.54, 1.807) is 0 Å². The average molecular weight is 706 g/mol. The first-order chi connectivity index (χ1) is 20.2. The van der Waals surface area contributed by atoms with Crippen LogP contribution < -0.4 is 15.0 Å². The molecule has 0 spiro atoms. The fourth-order valence-electron chi connectivity index (χ4n) is 4.91. The Hall–Kier alpha value is -4.08. The summed E-state index contributed by atoms with van der Waals surface area (Å²) in [6.45, 7) is 7.75. The molecule has 2 aromatic heterocycles. The van der Waals surface area contributed by atoms with Crippen LogP contribution in [0.4, 0.5) is 17.1 Å². The van der Waals surface area contributed by atoms with Crippen molar-refractivity contribution in [3.05, 3.63) is 121 Å². The average Bonchev–Trinajstić information content (AvgIpc) is 3.54. The Kier molecular flexibility index (Phi) is 5.76. The summed E-state index contributed by atoms with van der Waals surface area (Å²) in [5, 5.41) is 5.18. The number of aromatic nitrogens is 2. The predicted molar refractivity (Wildman–Crippen MR) is 158 cm³/mol. The molecule has 1 aliphatic rings. The third-order valence-electron chi connectivity index (χ3n) is 6.84. The van der Waals surface area contributed by atoms with Gasteiger partial charge in [-0.25, -0.2) is 4.98 Å². The number of fused-ring (bicyclic) bond motifs is 4. The van der Waals surface area contributed by atoms with Crippen molar-refractivity contribution in [1.29, 1.82) is 0 Å². The molecule has 0 fully saturated rings. The molecule has 0 bridgehead atoms. The Morgan fingerprint density at radius 2 is 1.70 bits per heavy atom. The van der Waals surface area contributed by atoms with Crippen LogP contribution in [0.3, 0.4) is 0 Å². The summed E-state index contributed by atoms with van der Waals surface area (Å²) in [7, 11) is 0. The van der Waals surface area contributed by atoms with Crippen LogP contribution in [0.2, 0.25) is 0 Å². The van der Waals surface area contributed by atoms with Crippen molar-refractivity contribution in [2.75, 3.05) is 10.2 Å². The van der Waals surface area contributed by atoms with Crippen molar-refractivity contribution in [1.82, 2.24) is 9.55 Å². The Morgan fingerprint density at radius 1 is 0.900 bits per heavy atom. The molecule has 4 aromatic carbocycles. The summed E-state index contributed by atoms with van der Waals surface area (Å²) in [4.78, 5) is 6.47. The van der Waals surface area contributed by atoms with Gasteiger partial charge in [0, 0.05) is 55.6 Å². The number of para-hydroxylation sites is 3. The molecule has 1 aliphatic heterocycles. The predicted octanol–water partition coefficient (Wildman–Crippen LogP) is 8.55. The summed E-state index contributed by atoms with van der Waals surface area (Å²) >= 11 is 0. The van der Waals surface area contributed by atoms with Crippen molar-refractivity contribution in [3.63, 3.8) is 0 Å². The van der Waals surface area contributed by atoms with Crippen molar-refractivity contribution in [3.8, 4) is 17.3 Å². The number of nitrogens with zero attached hydrogens (tertiary/aromatic N) is 3. The summed E-state index contributed by atoms with van der Waals surface area (Å²) in [5.74, 6) is 1.31. The molecule has 1 N–H and O–H groups in total. The Bertz CT molecular complexity index is 2020. The van der Waals surface area contributed by atoms with Crippen LogP contribution >= 0.6 is 0 Å².